The summed E-state index contributed by atoms with van der Waals surface area (Å²) in [6.45, 7) is 3.79. The van der Waals surface area contributed by atoms with Crippen LogP contribution in [0.1, 0.15) is 11.3 Å². The molecule has 0 aromatic carbocycles. The van der Waals surface area contributed by atoms with Gasteiger partial charge in [0.1, 0.15) is 11.5 Å². The van der Waals surface area contributed by atoms with Crippen LogP contribution in [0.15, 0.2) is 18.3 Å². The van der Waals surface area contributed by atoms with Crippen molar-refractivity contribution in [1.29, 1.82) is 0 Å². The van der Waals surface area contributed by atoms with Crippen LogP contribution in [-0.4, -0.2) is 15.0 Å². The standard InChI is InChI=1S/C11H11ClN4/c1-6-7(2)15-11(16-10(6)13)9-4-3-8(12)5-14-9/h3-5H,1-2H3,(H2,13,15,16). The Labute approximate surface area is 98.5 Å². The molecule has 0 saturated heterocycles. The fraction of sp³-hybridized carbons (Fsp3) is 0.182. The van der Waals surface area contributed by atoms with Crippen molar-refractivity contribution in [2.45, 2.75) is 13.8 Å². The van der Waals surface area contributed by atoms with E-state index in [4.69, 9.17) is 17.3 Å². The van der Waals surface area contributed by atoms with Crippen LogP contribution in [0.25, 0.3) is 11.5 Å². The molecule has 0 atom stereocenters. The third-order valence-corrected chi connectivity index (χ3v) is 2.61. The topological polar surface area (TPSA) is 64.7 Å². The first-order chi connectivity index (χ1) is 7.58. The van der Waals surface area contributed by atoms with Crippen LogP contribution >= 0.6 is 11.6 Å². The van der Waals surface area contributed by atoms with Gasteiger partial charge in [-0.25, -0.2) is 9.97 Å². The third kappa shape index (κ3) is 1.97. The summed E-state index contributed by atoms with van der Waals surface area (Å²) in [5.74, 6) is 1.01. The summed E-state index contributed by atoms with van der Waals surface area (Å²) in [4.78, 5) is 12.7. The Balaban J connectivity index is 2.52. The van der Waals surface area contributed by atoms with Gasteiger partial charge in [-0.2, -0.15) is 0 Å². The molecular formula is C11H11ClN4. The van der Waals surface area contributed by atoms with Crippen LogP contribution in [0.4, 0.5) is 5.82 Å². The highest BCUT2D eigenvalue weighted by Gasteiger charge is 2.08. The zero-order valence-corrected chi connectivity index (χ0v) is 9.78. The number of hydrogen-bond donors (Lipinski definition) is 1. The van der Waals surface area contributed by atoms with Crippen molar-refractivity contribution >= 4 is 17.4 Å². The molecule has 0 amide bonds. The first kappa shape index (κ1) is 10.8. The van der Waals surface area contributed by atoms with Crippen LogP contribution in [-0.2, 0) is 0 Å². The number of nitrogens with two attached hydrogens (primary N) is 1. The van der Waals surface area contributed by atoms with Crippen molar-refractivity contribution in [2.24, 2.45) is 0 Å². The van der Waals surface area contributed by atoms with E-state index in [1.807, 2.05) is 13.8 Å². The number of pyridine rings is 1. The largest absolute Gasteiger partial charge is 0.383 e. The van der Waals surface area contributed by atoms with Crippen molar-refractivity contribution in [1.82, 2.24) is 15.0 Å². The summed E-state index contributed by atoms with van der Waals surface area (Å²) < 4.78 is 0. The molecule has 0 fully saturated rings. The molecule has 2 aromatic rings. The van der Waals surface area contributed by atoms with Gasteiger partial charge in [0.15, 0.2) is 5.82 Å². The molecule has 0 saturated carbocycles. The molecular weight excluding hydrogens is 224 g/mol. The van der Waals surface area contributed by atoms with Crippen molar-refractivity contribution in [3.8, 4) is 11.5 Å². The van der Waals surface area contributed by atoms with Crippen molar-refractivity contribution in [3.63, 3.8) is 0 Å². The lowest BCUT2D eigenvalue weighted by atomic mass is 10.2. The van der Waals surface area contributed by atoms with Gasteiger partial charge in [0, 0.05) is 17.5 Å². The first-order valence-electron chi connectivity index (χ1n) is 4.80. The highest BCUT2D eigenvalue weighted by atomic mass is 35.5. The monoisotopic (exact) mass is 234 g/mol. The molecule has 2 aromatic heterocycles. The second kappa shape index (κ2) is 4.06. The number of hydrogen-bond acceptors (Lipinski definition) is 4. The van der Waals surface area contributed by atoms with Crippen molar-refractivity contribution in [2.75, 3.05) is 5.73 Å². The van der Waals surface area contributed by atoms with E-state index in [-0.39, 0.29) is 0 Å². The van der Waals surface area contributed by atoms with E-state index in [1.54, 1.807) is 18.3 Å². The Hall–Kier alpha value is -1.68. The van der Waals surface area contributed by atoms with E-state index in [9.17, 15) is 0 Å². The number of rotatable bonds is 1. The third-order valence-electron chi connectivity index (χ3n) is 2.38. The zero-order valence-electron chi connectivity index (χ0n) is 9.03. The predicted octanol–water partition coefficient (Wildman–Crippen LogP) is 2.39. The summed E-state index contributed by atoms with van der Waals surface area (Å²) >= 11 is 5.76. The van der Waals surface area contributed by atoms with Crippen molar-refractivity contribution in [3.05, 3.63) is 34.6 Å². The Morgan fingerprint density at radius 3 is 2.50 bits per heavy atom. The fourth-order valence-corrected chi connectivity index (χ4v) is 1.39. The molecule has 5 heteroatoms. The van der Waals surface area contributed by atoms with Gasteiger partial charge in [0.2, 0.25) is 0 Å². The summed E-state index contributed by atoms with van der Waals surface area (Å²) in [5, 5.41) is 0.584. The van der Waals surface area contributed by atoms with Gasteiger partial charge in [0.05, 0.1) is 5.02 Å². The maximum absolute atomic E-state index is 5.78. The van der Waals surface area contributed by atoms with Gasteiger partial charge in [-0.1, -0.05) is 11.6 Å². The molecule has 0 spiro atoms. The molecule has 2 rings (SSSR count). The van der Waals surface area contributed by atoms with Gasteiger partial charge in [-0.15, -0.1) is 0 Å². The molecule has 0 aliphatic heterocycles. The minimum absolute atomic E-state index is 0.485. The van der Waals surface area contributed by atoms with Gasteiger partial charge >= 0.3 is 0 Å². The van der Waals surface area contributed by atoms with E-state index in [0.29, 0.717) is 22.4 Å². The van der Waals surface area contributed by atoms with E-state index in [2.05, 4.69) is 15.0 Å². The van der Waals surface area contributed by atoms with E-state index in [1.165, 1.54) is 0 Å². The van der Waals surface area contributed by atoms with E-state index >= 15 is 0 Å². The molecule has 0 bridgehead atoms. The second-order valence-corrected chi connectivity index (χ2v) is 3.94. The van der Waals surface area contributed by atoms with Crippen LogP contribution in [0.5, 0.6) is 0 Å². The normalized spacial score (nSPS) is 10.4. The average molecular weight is 235 g/mol. The lowest BCUT2D eigenvalue weighted by molar-refractivity contribution is 1.06. The van der Waals surface area contributed by atoms with Crippen LogP contribution in [0, 0.1) is 13.8 Å². The number of halogens is 1. The van der Waals surface area contributed by atoms with Gasteiger partial charge < -0.3 is 5.73 Å². The quantitative estimate of drug-likeness (QED) is 0.823. The van der Waals surface area contributed by atoms with Crippen molar-refractivity contribution < 1.29 is 0 Å². The van der Waals surface area contributed by atoms with Crippen LogP contribution in [0.3, 0.4) is 0 Å². The second-order valence-electron chi connectivity index (χ2n) is 3.50. The SMILES string of the molecule is Cc1nc(-c2ccc(Cl)cn2)nc(N)c1C. The number of anilines is 1. The Kier molecular flexibility index (Phi) is 2.75. The first-order valence-corrected chi connectivity index (χ1v) is 5.18. The zero-order chi connectivity index (χ0) is 11.7. The molecule has 2 heterocycles. The lowest BCUT2D eigenvalue weighted by Crippen LogP contribution is -2.02. The highest BCUT2D eigenvalue weighted by molar-refractivity contribution is 6.30. The average Bonchev–Trinajstić information content (AvgIpc) is 2.26. The molecule has 0 aliphatic carbocycles. The number of nitrogen functional groups attached to an aromatic ring is 1. The molecule has 0 radical (unpaired) electrons. The summed E-state index contributed by atoms with van der Waals surface area (Å²) in [7, 11) is 0. The maximum atomic E-state index is 5.78. The molecule has 0 aliphatic rings. The number of aryl methyl sites for hydroxylation is 1. The summed E-state index contributed by atoms with van der Waals surface area (Å²) in [6.07, 6.45) is 1.56. The van der Waals surface area contributed by atoms with Gasteiger partial charge in [-0.3, -0.25) is 4.98 Å². The van der Waals surface area contributed by atoms with Gasteiger partial charge in [0.25, 0.3) is 0 Å². The number of nitrogens with zero attached hydrogens (tertiary/aromatic N) is 3. The molecule has 82 valence electrons. The highest BCUT2D eigenvalue weighted by Crippen LogP contribution is 2.19. The maximum Gasteiger partial charge on any atom is 0.180 e. The molecule has 2 N–H and O–H groups in total. The Morgan fingerprint density at radius 2 is 1.94 bits per heavy atom. The minimum atomic E-state index is 0.485. The van der Waals surface area contributed by atoms with E-state index < -0.39 is 0 Å². The molecule has 4 nitrogen and oxygen atoms in total. The van der Waals surface area contributed by atoms with Crippen LogP contribution in [0.2, 0.25) is 5.02 Å². The molecule has 16 heavy (non-hydrogen) atoms. The number of aromatic nitrogens is 3. The summed E-state index contributed by atoms with van der Waals surface area (Å²) in [6, 6.07) is 3.52. The fourth-order valence-electron chi connectivity index (χ4n) is 1.27. The lowest BCUT2D eigenvalue weighted by Gasteiger charge is -2.06. The summed E-state index contributed by atoms with van der Waals surface area (Å²) in [5.41, 5.74) is 8.21. The Bertz CT molecular complexity index is 499. The van der Waals surface area contributed by atoms with E-state index in [0.717, 1.165) is 11.3 Å². The Morgan fingerprint density at radius 1 is 1.19 bits per heavy atom. The van der Waals surface area contributed by atoms with Crippen LogP contribution < -0.4 is 5.73 Å². The molecule has 0 unspecified atom stereocenters. The predicted molar refractivity (Wildman–Crippen MR) is 64.2 cm³/mol. The van der Waals surface area contributed by atoms with Gasteiger partial charge in [-0.05, 0) is 26.0 Å². The smallest absolute Gasteiger partial charge is 0.180 e. The minimum Gasteiger partial charge on any atom is -0.383 e.